The lowest BCUT2D eigenvalue weighted by atomic mass is 9.97. The first kappa shape index (κ1) is 27.0. The number of rotatable bonds is 9. The Balaban J connectivity index is 1.38. The summed E-state index contributed by atoms with van der Waals surface area (Å²) in [4.78, 5) is 23.3. The molecule has 5 rings (SSSR count). The standard InChI is InChI=1S/C26H28BrN5O6S/c1-2-36-25(33)18-9-11-32(12-10-18)26-29-15-20(31-39(34,35)23-6-4-3-5-19(23)27)24(30-26)28-14-17-7-8-21-22(13-17)38-16-37-21/h3-8,13,15,18,31H,2,9-12,14,16H2,1H3,(H,28,29,30). The van der Waals surface area contributed by atoms with Gasteiger partial charge >= 0.3 is 5.97 Å². The summed E-state index contributed by atoms with van der Waals surface area (Å²) in [5.74, 6) is 1.75. The van der Waals surface area contributed by atoms with Gasteiger partial charge in [0.05, 0.1) is 18.7 Å². The number of benzene rings is 2. The minimum atomic E-state index is -3.94. The molecule has 2 N–H and O–H groups in total. The molecule has 2 aliphatic rings. The van der Waals surface area contributed by atoms with E-state index in [1.165, 1.54) is 12.3 Å². The Hall–Kier alpha value is -3.58. The van der Waals surface area contributed by atoms with Crippen molar-refractivity contribution in [2.75, 3.05) is 41.4 Å². The summed E-state index contributed by atoms with van der Waals surface area (Å²) >= 11 is 3.31. The Labute approximate surface area is 235 Å². The molecular formula is C26H28BrN5O6S. The van der Waals surface area contributed by atoms with Crippen LogP contribution < -0.4 is 24.4 Å². The molecule has 13 heteroatoms. The molecular weight excluding hydrogens is 590 g/mol. The number of sulfonamides is 1. The van der Waals surface area contributed by atoms with Crippen molar-refractivity contribution in [1.29, 1.82) is 0 Å². The van der Waals surface area contributed by atoms with Gasteiger partial charge in [0, 0.05) is 24.1 Å². The molecule has 0 radical (unpaired) electrons. The van der Waals surface area contributed by atoms with Crippen LogP contribution in [0.15, 0.2) is 58.0 Å². The fraction of sp³-hybridized carbons (Fsp3) is 0.346. The second kappa shape index (κ2) is 11.7. The van der Waals surface area contributed by atoms with E-state index >= 15 is 0 Å². The van der Waals surface area contributed by atoms with Crippen molar-refractivity contribution >= 4 is 49.4 Å². The summed E-state index contributed by atoms with van der Waals surface area (Å²) in [6.07, 6.45) is 2.70. The molecule has 3 heterocycles. The summed E-state index contributed by atoms with van der Waals surface area (Å²) in [5, 5.41) is 3.25. The number of anilines is 3. The van der Waals surface area contributed by atoms with Crippen LogP contribution in [-0.2, 0) is 26.1 Å². The molecule has 3 aromatic rings. The molecule has 0 amide bonds. The van der Waals surface area contributed by atoms with Gasteiger partial charge in [-0.25, -0.2) is 13.4 Å². The SMILES string of the molecule is CCOC(=O)C1CCN(c2ncc(NS(=O)(=O)c3ccccc3Br)c(NCc3ccc4c(c3)OCO4)n2)CC1. The summed E-state index contributed by atoms with van der Waals surface area (Å²) < 4.78 is 45.5. The Morgan fingerprint density at radius 2 is 1.92 bits per heavy atom. The van der Waals surface area contributed by atoms with E-state index in [-0.39, 0.29) is 29.3 Å². The Kier molecular flexibility index (Phi) is 8.07. The minimum absolute atomic E-state index is 0.0943. The monoisotopic (exact) mass is 617 g/mol. The molecule has 0 bridgehead atoms. The third-order valence-corrected chi connectivity index (χ3v) is 8.82. The normalized spacial score (nSPS) is 15.2. The lowest BCUT2D eigenvalue weighted by Crippen LogP contribution is -2.38. The number of halogens is 1. The van der Waals surface area contributed by atoms with Crippen LogP contribution in [0.5, 0.6) is 11.5 Å². The summed E-state index contributed by atoms with van der Waals surface area (Å²) in [5.41, 5.74) is 1.10. The lowest BCUT2D eigenvalue weighted by molar-refractivity contribution is -0.148. The number of aromatic nitrogens is 2. The van der Waals surface area contributed by atoms with Crippen molar-refractivity contribution in [3.63, 3.8) is 0 Å². The fourth-order valence-electron chi connectivity index (χ4n) is 4.41. The molecule has 11 nitrogen and oxygen atoms in total. The largest absolute Gasteiger partial charge is 0.466 e. The van der Waals surface area contributed by atoms with E-state index in [1.807, 2.05) is 23.1 Å². The average molecular weight is 619 g/mol. The maximum Gasteiger partial charge on any atom is 0.309 e. The molecule has 2 aromatic carbocycles. The first-order valence-corrected chi connectivity index (χ1v) is 14.8. The van der Waals surface area contributed by atoms with Crippen molar-refractivity contribution in [1.82, 2.24) is 9.97 Å². The van der Waals surface area contributed by atoms with E-state index in [9.17, 15) is 13.2 Å². The van der Waals surface area contributed by atoms with Crippen molar-refractivity contribution in [3.05, 3.63) is 58.7 Å². The highest BCUT2D eigenvalue weighted by atomic mass is 79.9. The quantitative estimate of drug-likeness (QED) is 0.337. The lowest BCUT2D eigenvalue weighted by Gasteiger charge is -2.31. The number of ether oxygens (including phenoxy) is 3. The van der Waals surface area contributed by atoms with E-state index in [4.69, 9.17) is 14.2 Å². The predicted octanol–water partition coefficient (Wildman–Crippen LogP) is 4.16. The van der Waals surface area contributed by atoms with Crippen molar-refractivity contribution < 1.29 is 27.4 Å². The highest BCUT2D eigenvalue weighted by molar-refractivity contribution is 9.10. The van der Waals surface area contributed by atoms with Crippen molar-refractivity contribution in [3.8, 4) is 11.5 Å². The Bertz CT molecular complexity index is 1460. The van der Waals surface area contributed by atoms with Gasteiger partial charge in [0.2, 0.25) is 12.7 Å². The first-order chi connectivity index (χ1) is 18.8. The van der Waals surface area contributed by atoms with E-state index in [1.54, 1.807) is 25.1 Å². The molecule has 0 aliphatic carbocycles. The molecule has 1 saturated heterocycles. The van der Waals surface area contributed by atoms with Gasteiger partial charge in [-0.3, -0.25) is 9.52 Å². The van der Waals surface area contributed by atoms with E-state index in [0.29, 0.717) is 66.8 Å². The molecule has 0 atom stereocenters. The molecule has 39 heavy (non-hydrogen) atoms. The predicted molar refractivity (Wildman–Crippen MR) is 148 cm³/mol. The Morgan fingerprint density at radius 1 is 1.15 bits per heavy atom. The molecule has 1 fully saturated rings. The number of fused-ring (bicyclic) bond motifs is 1. The van der Waals surface area contributed by atoms with Crippen LogP contribution in [0.4, 0.5) is 17.5 Å². The van der Waals surface area contributed by atoms with Crippen molar-refractivity contribution in [2.24, 2.45) is 5.92 Å². The maximum atomic E-state index is 13.2. The van der Waals surface area contributed by atoms with Gasteiger partial charge in [0.25, 0.3) is 10.0 Å². The molecule has 0 unspecified atom stereocenters. The van der Waals surface area contributed by atoms with Crippen LogP contribution in [0.25, 0.3) is 0 Å². The second-order valence-electron chi connectivity index (χ2n) is 9.02. The zero-order valence-electron chi connectivity index (χ0n) is 21.2. The number of carbonyl (C=O) groups is 1. The smallest absolute Gasteiger partial charge is 0.309 e. The number of nitrogens with zero attached hydrogens (tertiary/aromatic N) is 3. The average Bonchev–Trinajstić information content (AvgIpc) is 3.41. The number of hydrogen-bond donors (Lipinski definition) is 2. The van der Waals surface area contributed by atoms with Crippen LogP contribution in [0.2, 0.25) is 0 Å². The molecule has 1 aromatic heterocycles. The number of carbonyl (C=O) groups excluding carboxylic acids is 1. The van der Waals surface area contributed by atoms with Gasteiger partial charge in [-0.15, -0.1) is 0 Å². The van der Waals surface area contributed by atoms with Crippen LogP contribution >= 0.6 is 15.9 Å². The molecule has 206 valence electrons. The Morgan fingerprint density at radius 3 is 2.69 bits per heavy atom. The number of nitrogens with one attached hydrogen (secondary N) is 2. The zero-order valence-corrected chi connectivity index (χ0v) is 23.6. The van der Waals surface area contributed by atoms with Crippen LogP contribution in [0.1, 0.15) is 25.3 Å². The number of hydrogen-bond acceptors (Lipinski definition) is 10. The highest BCUT2D eigenvalue weighted by Gasteiger charge is 2.28. The van der Waals surface area contributed by atoms with Gasteiger partial charge in [0.15, 0.2) is 17.3 Å². The molecule has 0 saturated carbocycles. The van der Waals surface area contributed by atoms with Gasteiger partial charge in [0.1, 0.15) is 10.6 Å². The maximum absolute atomic E-state index is 13.2. The van der Waals surface area contributed by atoms with Gasteiger partial charge in [-0.1, -0.05) is 18.2 Å². The molecule has 0 spiro atoms. The third kappa shape index (κ3) is 6.19. The topological polar surface area (TPSA) is 132 Å². The summed E-state index contributed by atoms with van der Waals surface area (Å²) in [6.45, 7) is 3.83. The second-order valence-corrected chi connectivity index (χ2v) is 11.5. The minimum Gasteiger partial charge on any atom is -0.466 e. The van der Waals surface area contributed by atoms with Gasteiger partial charge in [-0.2, -0.15) is 4.98 Å². The molecule has 2 aliphatic heterocycles. The van der Waals surface area contributed by atoms with Gasteiger partial charge < -0.3 is 24.4 Å². The highest BCUT2D eigenvalue weighted by Crippen LogP contribution is 2.33. The van der Waals surface area contributed by atoms with Crippen LogP contribution in [-0.4, -0.2) is 50.8 Å². The summed E-state index contributed by atoms with van der Waals surface area (Å²) in [7, 11) is -3.94. The fourth-order valence-corrected chi connectivity index (χ4v) is 6.46. The van der Waals surface area contributed by atoms with E-state index in [2.05, 4.69) is 35.9 Å². The number of esters is 1. The summed E-state index contributed by atoms with van der Waals surface area (Å²) in [6, 6.07) is 12.1. The van der Waals surface area contributed by atoms with Crippen LogP contribution in [0, 0.1) is 5.92 Å². The van der Waals surface area contributed by atoms with E-state index < -0.39 is 10.0 Å². The van der Waals surface area contributed by atoms with E-state index in [0.717, 1.165) is 5.56 Å². The third-order valence-electron chi connectivity index (χ3n) is 6.44. The van der Waals surface area contributed by atoms with Crippen molar-refractivity contribution in [2.45, 2.75) is 31.2 Å². The number of piperidine rings is 1. The van der Waals surface area contributed by atoms with Gasteiger partial charge in [-0.05, 0) is 65.5 Å². The van der Waals surface area contributed by atoms with Crippen LogP contribution in [0.3, 0.4) is 0 Å². The zero-order chi connectivity index (χ0) is 27.4. The first-order valence-electron chi connectivity index (χ1n) is 12.5.